The van der Waals surface area contributed by atoms with E-state index in [9.17, 15) is 8.42 Å². The van der Waals surface area contributed by atoms with Crippen LogP contribution in [0.3, 0.4) is 0 Å². The Morgan fingerprint density at radius 1 is 0.958 bits per heavy atom. The van der Waals surface area contributed by atoms with Gasteiger partial charge < -0.3 is 14.2 Å². The molecule has 4 bridgehead atoms. The Hall–Kier alpha value is 0.350. The molecule has 0 radical (unpaired) electrons. The third-order valence-electron chi connectivity index (χ3n) is 6.31. The summed E-state index contributed by atoms with van der Waals surface area (Å²) in [6.07, 6.45) is 1.65. The lowest BCUT2D eigenvalue weighted by Gasteiger charge is -2.40. The summed E-state index contributed by atoms with van der Waals surface area (Å²) in [5.41, 5.74) is 0. The highest BCUT2D eigenvalue weighted by Gasteiger charge is 2.73. The van der Waals surface area contributed by atoms with Crippen molar-refractivity contribution in [1.29, 1.82) is 0 Å². The summed E-state index contributed by atoms with van der Waals surface area (Å²) in [6.45, 7) is 0. The minimum Gasteiger partial charge on any atom is -0.485 e. The Morgan fingerprint density at radius 3 is 2.42 bits per heavy atom. The summed E-state index contributed by atoms with van der Waals surface area (Å²) in [5.74, 6) is 1.01. The molecule has 0 aliphatic carbocycles. The van der Waals surface area contributed by atoms with Crippen molar-refractivity contribution in [2.24, 2.45) is 11.8 Å². The molecule has 0 N–H and O–H groups in total. The van der Waals surface area contributed by atoms with E-state index in [1.165, 1.54) is 0 Å². The van der Waals surface area contributed by atoms with Crippen LogP contribution in [0.25, 0.3) is 0 Å². The fourth-order valence-corrected chi connectivity index (χ4v) is 10.5. The molecule has 1 aromatic rings. The quantitative estimate of drug-likeness (QED) is 0.448. The van der Waals surface area contributed by atoms with E-state index in [0.717, 1.165) is 20.0 Å². The number of benzene rings is 1. The molecule has 1 aromatic carbocycles. The molecular formula is C16H14I2O5S. The van der Waals surface area contributed by atoms with Crippen LogP contribution in [0.4, 0.5) is 0 Å². The minimum absolute atomic E-state index is 0.154. The average Bonchev–Trinajstić information content (AvgIpc) is 3.23. The molecule has 6 rings (SSSR count). The van der Waals surface area contributed by atoms with Crippen molar-refractivity contribution in [3.8, 4) is 5.75 Å². The van der Waals surface area contributed by atoms with Gasteiger partial charge in [0, 0.05) is 19.0 Å². The van der Waals surface area contributed by atoms with E-state index in [-0.39, 0.29) is 30.3 Å². The number of ether oxygens (including phenoxy) is 3. The van der Waals surface area contributed by atoms with Crippen LogP contribution < -0.4 is 4.74 Å². The van der Waals surface area contributed by atoms with Crippen molar-refractivity contribution < 1.29 is 22.6 Å². The number of sulfone groups is 1. The Bertz CT molecular complexity index is 871. The summed E-state index contributed by atoms with van der Waals surface area (Å²) < 4.78 is 47.0. The molecule has 128 valence electrons. The first-order valence-electron chi connectivity index (χ1n) is 8.17. The van der Waals surface area contributed by atoms with Crippen molar-refractivity contribution in [3.63, 3.8) is 0 Å². The van der Waals surface area contributed by atoms with Gasteiger partial charge in [-0.05, 0) is 70.2 Å². The molecule has 0 saturated carbocycles. The Kier molecular flexibility index (Phi) is 3.08. The smallest absolute Gasteiger partial charge is 0.192 e. The van der Waals surface area contributed by atoms with Crippen LogP contribution in [0.15, 0.2) is 17.0 Å². The zero-order valence-corrected chi connectivity index (χ0v) is 17.5. The second-order valence-corrected chi connectivity index (χ2v) is 11.8. The first-order valence-corrected chi connectivity index (χ1v) is 11.9. The molecule has 5 nitrogen and oxygen atoms in total. The van der Waals surface area contributed by atoms with Crippen LogP contribution in [0, 0.1) is 19.0 Å². The first-order chi connectivity index (χ1) is 11.5. The van der Waals surface area contributed by atoms with Gasteiger partial charge in [0.15, 0.2) is 9.84 Å². The summed E-state index contributed by atoms with van der Waals surface area (Å²) in [7, 11) is -3.47. The van der Waals surface area contributed by atoms with Crippen molar-refractivity contribution in [1.82, 2.24) is 0 Å². The van der Waals surface area contributed by atoms with E-state index in [2.05, 4.69) is 45.2 Å². The highest BCUT2D eigenvalue weighted by molar-refractivity contribution is 14.1. The second-order valence-electron chi connectivity index (χ2n) is 7.32. The number of fused-ring (bicyclic) bond motifs is 13. The maximum absolute atomic E-state index is 13.4. The van der Waals surface area contributed by atoms with Crippen LogP contribution >= 0.6 is 45.2 Å². The van der Waals surface area contributed by atoms with E-state index >= 15 is 0 Å². The van der Waals surface area contributed by atoms with E-state index in [0.29, 0.717) is 16.6 Å². The second kappa shape index (κ2) is 4.79. The lowest BCUT2D eigenvalue weighted by Crippen LogP contribution is -2.57. The van der Waals surface area contributed by atoms with Gasteiger partial charge in [0.25, 0.3) is 0 Å². The monoisotopic (exact) mass is 572 g/mol. The summed E-state index contributed by atoms with van der Waals surface area (Å²) in [6, 6.07) is 3.71. The van der Waals surface area contributed by atoms with E-state index < -0.39 is 21.2 Å². The first kappa shape index (κ1) is 15.4. The van der Waals surface area contributed by atoms with Gasteiger partial charge >= 0.3 is 0 Å². The Labute approximate surface area is 167 Å². The molecule has 24 heavy (non-hydrogen) atoms. The molecule has 8 heteroatoms. The van der Waals surface area contributed by atoms with Crippen LogP contribution in [0.5, 0.6) is 5.75 Å². The lowest BCUT2D eigenvalue weighted by molar-refractivity contribution is -0.00921. The van der Waals surface area contributed by atoms with Gasteiger partial charge in [-0.2, -0.15) is 0 Å². The molecular weight excluding hydrogens is 558 g/mol. The summed E-state index contributed by atoms with van der Waals surface area (Å²) in [5, 5.41) is -0.590. The lowest BCUT2D eigenvalue weighted by atomic mass is 9.70. The molecule has 5 aliphatic heterocycles. The van der Waals surface area contributed by atoms with Crippen LogP contribution in [0.2, 0.25) is 0 Å². The highest BCUT2D eigenvalue weighted by atomic mass is 127. The highest BCUT2D eigenvalue weighted by Crippen LogP contribution is 2.60. The van der Waals surface area contributed by atoms with Gasteiger partial charge in [-0.3, -0.25) is 0 Å². The molecule has 8 unspecified atom stereocenters. The maximum atomic E-state index is 13.4. The van der Waals surface area contributed by atoms with Gasteiger partial charge in [0.2, 0.25) is 0 Å². The Morgan fingerprint density at radius 2 is 1.67 bits per heavy atom. The molecule has 8 atom stereocenters. The number of hydrogen-bond acceptors (Lipinski definition) is 5. The molecule has 0 amide bonds. The summed E-state index contributed by atoms with van der Waals surface area (Å²) >= 11 is 4.29. The summed E-state index contributed by atoms with van der Waals surface area (Å²) in [4.78, 5) is 0.349. The van der Waals surface area contributed by atoms with Gasteiger partial charge in [0.05, 0.1) is 18.3 Å². The van der Waals surface area contributed by atoms with Crippen LogP contribution in [0.1, 0.15) is 12.8 Å². The van der Waals surface area contributed by atoms with Crippen LogP contribution in [-0.2, 0) is 19.3 Å². The largest absolute Gasteiger partial charge is 0.485 e. The van der Waals surface area contributed by atoms with Crippen LogP contribution in [-0.4, -0.2) is 44.2 Å². The average molecular weight is 572 g/mol. The fourth-order valence-electron chi connectivity index (χ4n) is 5.61. The minimum atomic E-state index is -3.47. The van der Waals surface area contributed by atoms with E-state index in [1.807, 2.05) is 12.1 Å². The van der Waals surface area contributed by atoms with E-state index in [1.54, 1.807) is 0 Å². The molecule has 5 aliphatic rings. The molecule has 4 fully saturated rings. The molecule has 5 heterocycles. The molecule has 4 saturated heterocycles. The number of rotatable bonds is 0. The molecule has 0 spiro atoms. The molecule has 0 aromatic heterocycles. The zero-order valence-electron chi connectivity index (χ0n) is 12.4. The normalized spacial score (nSPS) is 48.8. The Balaban J connectivity index is 1.52. The van der Waals surface area contributed by atoms with Gasteiger partial charge in [0.1, 0.15) is 28.1 Å². The SMILES string of the molecule is O=S1(=O)c2c(I)cc(I)cc2OC2C3OC(C4C5CCC(O5)C34)C21. The van der Waals surface area contributed by atoms with Crippen molar-refractivity contribution in [2.45, 2.75) is 53.5 Å². The predicted molar refractivity (Wildman–Crippen MR) is 101 cm³/mol. The fraction of sp³-hybridized carbons (Fsp3) is 0.625. The van der Waals surface area contributed by atoms with E-state index in [4.69, 9.17) is 14.2 Å². The van der Waals surface area contributed by atoms with Gasteiger partial charge in [-0.1, -0.05) is 0 Å². The third kappa shape index (κ3) is 1.70. The standard InChI is InChI=1S/C16H14I2O5S/c17-5-3-6(18)15-9(4-5)22-14-12-10-7-1-2-8(21-7)11(10)13(23-12)16(14)24(15,19)20/h3-4,7-8,10-14,16H,1-2H2. The maximum Gasteiger partial charge on any atom is 0.192 e. The number of halogens is 2. The zero-order chi connectivity index (χ0) is 16.4. The van der Waals surface area contributed by atoms with Crippen molar-refractivity contribution in [3.05, 3.63) is 19.3 Å². The number of hydrogen-bond donors (Lipinski definition) is 0. The van der Waals surface area contributed by atoms with Crippen molar-refractivity contribution in [2.75, 3.05) is 0 Å². The van der Waals surface area contributed by atoms with Gasteiger partial charge in [-0.15, -0.1) is 0 Å². The third-order valence-corrected chi connectivity index (χ3v) is 10.4. The topological polar surface area (TPSA) is 61.8 Å². The predicted octanol–water partition coefficient (Wildman–Crippen LogP) is 2.37. The van der Waals surface area contributed by atoms with Crippen molar-refractivity contribution >= 4 is 55.0 Å². The van der Waals surface area contributed by atoms with Gasteiger partial charge in [-0.25, -0.2) is 8.42 Å².